The van der Waals surface area contributed by atoms with Crippen LogP contribution in [0.1, 0.15) is 27.1 Å². The quantitative estimate of drug-likeness (QED) is 0.889. The summed E-state index contributed by atoms with van der Waals surface area (Å²) < 4.78 is 42.9. The van der Waals surface area contributed by atoms with E-state index in [2.05, 4.69) is 5.10 Å². The van der Waals surface area contributed by atoms with Gasteiger partial charge in [0.05, 0.1) is 6.20 Å². The maximum Gasteiger partial charge on any atom is 0.345 e. The molecule has 0 saturated carbocycles. The molecule has 1 rings (SSSR count). The zero-order chi connectivity index (χ0) is 17.2. The average molecular weight is 343 g/mol. The Bertz CT molecular complexity index is 615. The van der Waals surface area contributed by atoms with E-state index in [0.717, 1.165) is 6.20 Å². The number of alkyl halides is 3. The van der Waals surface area contributed by atoms with E-state index in [1.54, 1.807) is 0 Å². The van der Waals surface area contributed by atoms with Crippen LogP contribution in [0.4, 0.5) is 13.2 Å². The SMILES string of the molecule is CC(C)(C)C(Oc1c(Cl)cnn(C(F)C(F)F)c1=O)C(=O)O. The first-order valence-corrected chi connectivity index (χ1v) is 6.43. The van der Waals surface area contributed by atoms with E-state index in [0.29, 0.717) is 0 Å². The molecule has 1 aromatic rings. The Labute approximate surface area is 128 Å². The van der Waals surface area contributed by atoms with Crippen molar-refractivity contribution in [2.24, 2.45) is 5.41 Å². The van der Waals surface area contributed by atoms with E-state index in [4.69, 9.17) is 21.4 Å². The maximum absolute atomic E-state index is 13.3. The number of carboxylic acid groups (broad SMARTS) is 1. The summed E-state index contributed by atoms with van der Waals surface area (Å²) in [6.45, 7) is 4.57. The van der Waals surface area contributed by atoms with Crippen molar-refractivity contribution >= 4 is 17.6 Å². The van der Waals surface area contributed by atoms with Crippen LogP contribution in [0.25, 0.3) is 0 Å². The lowest BCUT2D eigenvalue weighted by Gasteiger charge is -2.27. The van der Waals surface area contributed by atoms with Gasteiger partial charge in [-0.1, -0.05) is 32.4 Å². The lowest BCUT2D eigenvalue weighted by molar-refractivity contribution is -0.150. The van der Waals surface area contributed by atoms with Gasteiger partial charge in [-0.3, -0.25) is 4.79 Å². The van der Waals surface area contributed by atoms with E-state index < -0.39 is 46.5 Å². The molecule has 6 nitrogen and oxygen atoms in total. The van der Waals surface area contributed by atoms with E-state index in [-0.39, 0.29) is 4.68 Å². The van der Waals surface area contributed by atoms with Gasteiger partial charge in [-0.15, -0.1) is 0 Å². The predicted molar refractivity (Wildman–Crippen MR) is 71.2 cm³/mol. The summed E-state index contributed by atoms with van der Waals surface area (Å²) in [5.41, 5.74) is -2.32. The minimum atomic E-state index is -3.49. The monoisotopic (exact) mass is 342 g/mol. The van der Waals surface area contributed by atoms with Crippen LogP contribution in [-0.4, -0.2) is 33.4 Å². The Morgan fingerprint density at radius 3 is 2.36 bits per heavy atom. The van der Waals surface area contributed by atoms with Crippen molar-refractivity contribution in [3.63, 3.8) is 0 Å². The molecule has 0 bridgehead atoms. The number of aromatic nitrogens is 2. The fourth-order valence-electron chi connectivity index (χ4n) is 1.53. The van der Waals surface area contributed by atoms with E-state index >= 15 is 0 Å². The second kappa shape index (κ2) is 6.55. The third-order valence-corrected chi connectivity index (χ3v) is 2.87. The molecule has 2 atom stereocenters. The Morgan fingerprint density at radius 2 is 1.95 bits per heavy atom. The highest BCUT2D eigenvalue weighted by atomic mass is 35.5. The molecule has 0 spiro atoms. The molecule has 0 fully saturated rings. The van der Waals surface area contributed by atoms with Gasteiger partial charge in [0.1, 0.15) is 5.02 Å². The Balaban J connectivity index is 3.33. The van der Waals surface area contributed by atoms with E-state index in [1.807, 2.05) is 0 Å². The van der Waals surface area contributed by atoms with Crippen LogP contribution in [-0.2, 0) is 4.79 Å². The topological polar surface area (TPSA) is 81.4 Å². The fraction of sp³-hybridized carbons (Fsp3) is 0.583. The van der Waals surface area contributed by atoms with Gasteiger partial charge < -0.3 is 9.84 Å². The van der Waals surface area contributed by atoms with Crippen LogP contribution in [0, 0.1) is 5.41 Å². The zero-order valence-electron chi connectivity index (χ0n) is 11.9. The van der Waals surface area contributed by atoms with E-state index in [9.17, 15) is 22.8 Å². The van der Waals surface area contributed by atoms with Gasteiger partial charge >= 0.3 is 11.5 Å². The molecule has 0 aliphatic carbocycles. The number of rotatable bonds is 5. The Morgan fingerprint density at radius 1 is 1.41 bits per heavy atom. The van der Waals surface area contributed by atoms with Gasteiger partial charge in [0.25, 0.3) is 12.7 Å². The fourth-order valence-corrected chi connectivity index (χ4v) is 1.70. The van der Waals surface area contributed by atoms with Gasteiger partial charge in [-0.2, -0.15) is 9.78 Å². The first kappa shape index (κ1) is 18.3. The van der Waals surface area contributed by atoms with Gasteiger partial charge in [-0.25, -0.2) is 18.0 Å². The van der Waals surface area contributed by atoms with Gasteiger partial charge in [0, 0.05) is 5.41 Å². The number of carbonyl (C=O) groups is 1. The number of halogens is 4. The van der Waals surface area contributed by atoms with Gasteiger partial charge in [-0.05, 0) is 0 Å². The molecule has 124 valence electrons. The molecule has 1 N–H and O–H groups in total. The normalized spacial score (nSPS) is 14.7. The molecule has 22 heavy (non-hydrogen) atoms. The summed E-state index contributed by atoms with van der Waals surface area (Å²) in [4.78, 5) is 23.2. The highest BCUT2D eigenvalue weighted by Crippen LogP contribution is 2.28. The van der Waals surface area contributed by atoms with Gasteiger partial charge in [0.2, 0.25) is 11.9 Å². The van der Waals surface area contributed by atoms with Crippen molar-refractivity contribution < 1.29 is 27.8 Å². The average Bonchev–Trinajstić information content (AvgIpc) is 2.35. The lowest BCUT2D eigenvalue weighted by Crippen LogP contribution is -2.41. The van der Waals surface area contributed by atoms with Crippen LogP contribution in [0.15, 0.2) is 11.0 Å². The summed E-state index contributed by atoms with van der Waals surface area (Å²) in [7, 11) is 0. The highest BCUT2D eigenvalue weighted by molar-refractivity contribution is 6.31. The first-order chi connectivity index (χ1) is 9.96. The van der Waals surface area contributed by atoms with Crippen LogP contribution in [0.5, 0.6) is 5.75 Å². The number of hydrogen-bond donors (Lipinski definition) is 1. The summed E-state index contributed by atoms with van der Waals surface area (Å²) in [5.74, 6) is -2.14. The van der Waals surface area contributed by atoms with Gasteiger partial charge in [0.15, 0.2) is 0 Å². The summed E-state index contributed by atoms with van der Waals surface area (Å²) >= 11 is 5.68. The Kier molecular flexibility index (Phi) is 5.44. The number of carboxylic acids is 1. The second-order valence-corrected chi connectivity index (χ2v) is 5.89. The standard InChI is InChI=1S/C12H14ClF3N2O4/c1-12(2,3)7(11(20)21)22-6-5(13)4-17-18(10(6)19)9(16)8(14)15/h4,7-9H,1-3H3,(H,20,21). The van der Waals surface area contributed by atoms with Crippen molar-refractivity contribution in [2.75, 3.05) is 0 Å². The minimum absolute atomic E-state index is 0.145. The molecule has 10 heteroatoms. The highest BCUT2D eigenvalue weighted by Gasteiger charge is 2.35. The number of nitrogens with zero attached hydrogens (tertiary/aromatic N) is 2. The molecule has 2 unspecified atom stereocenters. The van der Waals surface area contributed by atoms with Crippen molar-refractivity contribution in [1.29, 1.82) is 0 Å². The summed E-state index contributed by atoms with van der Waals surface area (Å²) in [5, 5.41) is 11.9. The summed E-state index contributed by atoms with van der Waals surface area (Å²) in [6, 6.07) is 0. The first-order valence-electron chi connectivity index (χ1n) is 6.05. The molecular weight excluding hydrogens is 329 g/mol. The maximum atomic E-state index is 13.3. The largest absolute Gasteiger partial charge is 0.478 e. The van der Waals surface area contributed by atoms with Crippen LogP contribution < -0.4 is 10.3 Å². The van der Waals surface area contributed by atoms with Crippen molar-refractivity contribution in [2.45, 2.75) is 39.6 Å². The zero-order valence-corrected chi connectivity index (χ0v) is 12.6. The minimum Gasteiger partial charge on any atom is -0.478 e. The van der Waals surface area contributed by atoms with Crippen LogP contribution in [0.2, 0.25) is 5.02 Å². The third kappa shape index (κ3) is 3.90. The molecule has 0 amide bonds. The Hall–Kier alpha value is -1.77. The molecule has 0 saturated heterocycles. The van der Waals surface area contributed by atoms with Crippen LogP contribution in [0.3, 0.4) is 0 Å². The van der Waals surface area contributed by atoms with Crippen LogP contribution >= 0.6 is 11.6 Å². The molecule has 0 aliphatic heterocycles. The molecule has 0 aromatic carbocycles. The lowest BCUT2D eigenvalue weighted by atomic mass is 9.89. The summed E-state index contributed by atoms with van der Waals surface area (Å²) in [6.07, 6.45) is -7.25. The second-order valence-electron chi connectivity index (χ2n) is 5.48. The van der Waals surface area contributed by atoms with Crippen molar-refractivity contribution in [3.8, 4) is 5.75 Å². The molecule has 1 heterocycles. The number of aliphatic carboxylic acids is 1. The molecule has 0 radical (unpaired) electrons. The smallest absolute Gasteiger partial charge is 0.345 e. The number of ether oxygens (including phenoxy) is 1. The van der Waals surface area contributed by atoms with E-state index in [1.165, 1.54) is 20.8 Å². The number of hydrogen-bond acceptors (Lipinski definition) is 4. The third-order valence-electron chi connectivity index (χ3n) is 2.60. The predicted octanol–water partition coefficient (Wildman–Crippen LogP) is 2.51. The molecular formula is C12H14ClF3N2O4. The molecule has 0 aliphatic rings. The van der Waals surface area contributed by atoms with Crippen molar-refractivity contribution in [3.05, 3.63) is 21.6 Å². The van der Waals surface area contributed by atoms with Crippen molar-refractivity contribution in [1.82, 2.24) is 9.78 Å². The molecule has 1 aromatic heterocycles.